The predicted molar refractivity (Wildman–Crippen MR) is 211 cm³/mol. The van der Waals surface area contributed by atoms with Crippen molar-refractivity contribution < 1.29 is 23.9 Å². The number of nitrogens with one attached hydrogen (secondary N) is 2. The Morgan fingerprint density at radius 2 is 1.44 bits per heavy atom. The number of benzene rings is 2. The molecule has 17 heteroatoms. The topological polar surface area (TPSA) is 228 Å². The van der Waals surface area contributed by atoms with Crippen LogP contribution in [0.4, 0.5) is 11.9 Å². The minimum Gasteiger partial charge on any atom is -0.494 e. The molecule has 0 saturated carbocycles. The van der Waals surface area contributed by atoms with Gasteiger partial charge >= 0.3 is 0 Å². The third kappa shape index (κ3) is 8.47. The van der Waals surface area contributed by atoms with Gasteiger partial charge in [-0.2, -0.15) is 5.10 Å². The minimum atomic E-state index is -0.638. The summed E-state index contributed by atoms with van der Waals surface area (Å²) in [4.78, 5) is 49.7. The summed E-state index contributed by atoms with van der Waals surface area (Å²) in [5, 5.41) is 10.5. The molecule has 1 fully saturated rings. The van der Waals surface area contributed by atoms with E-state index in [0.29, 0.717) is 64.0 Å². The number of carbonyl (C=O) groups excluding carboxylic acids is 3. The number of primary amides is 2. The number of likely N-dealkylation sites (tertiary alicyclic amines) is 1. The van der Waals surface area contributed by atoms with E-state index in [1.54, 1.807) is 46.6 Å². The van der Waals surface area contributed by atoms with E-state index < -0.39 is 17.7 Å². The molecule has 3 aromatic heterocycles. The number of aromatic nitrogens is 6. The largest absolute Gasteiger partial charge is 0.494 e. The molecular formula is C38H48N12O5. The molecule has 0 aliphatic carbocycles. The minimum absolute atomic E-state index is 0.217. The quantitative estimate of drug-likeness (QED) is 0.0921. The summed E-state index contributed by atoms with van der Waals surface area (Å²) in [6.07, 6.45) is 9.87. The van der Waals surface area contributed by atoms with E-state index in [1.807, 2.05) is 36.6 Å². The van der Waals surface area contributed by atoms with E-state index in [4.69, 9.17) is 31.7 Å². The Kier molecular flexibility index (Phi) is 11.8. The van der Waals surface area contributed by atoms with Crippen LogP contribution < -0.4 is 37.3 Å². The average Bonchev–Trinajstić information content (AvgIpc) is 3.85. The molecule has 8 N–H and O–H groups in total. The number of piperidine rings is 1. The molecule has 3 amide bonds. The van der Waals surface area contributed by atoms with Gasteiger partial charge in [-0.25, -0.2) is 9.97 Å². The van der Waals surface area contributed by atoms with Crippen LogP contribution in [0.15, 0.2) is 54.6 Å². The monoisotopic (exact) mass is 752 g/mol. The van der Waals surface area contributed by atoms with Gasteiger partial charge in [0.1, 0.15) is 34.8 Å². The van der Waals surface area contributed by atoms with E-state index in [9.17, 15) is 14.4 Å². The Balaban J connectivity index is 1.28. The maximum atomic E-state index is 13.5. The second-order valence-electron chi connectivity index (χ2n) is 13.3. The van der Waals surface area contributed by atoms with Crippen LogP contribution in [-0.2, 0) is 19.6 Å². The van der Waals surface area contributed by atoms with Gasteiger partial charge in [-0.05, 0) is 70.1 Å². The lowest BCUT2D eigenvalue weighted by Gasteiger charge is -2.28. The van der Waals surface area contributed by atoms with E-state index >= 15 is 0 Å². The predicted octanol–water partition coefficient (Wildman–Crippen LogP) is 3.03. The van der Waals surface area contributed by atoms with Crippen molar-refractivity contribution in [3.63, 3.8) is 0 Å². The molecule has 4 heterocycles. The molecule has 1 aliphatic rings. The van der Waals surface area contributed by atoms with Crippen LogP contribution in [-0.4, -0.2) is 97.9 Å². The van der Waals surface area contributed by atoms with Crippen LogP contribution in [0.2, 0.25) is 0 Å². The van der Waals surface area contributed by atoms with Gasteiger partial charge in [0.2, 0.25) is 23.7 Å². The lowest BCUT2D eigenvalue weighted by Crippen LogP contribution is -2.39. The smallest absolute Gasteiger partial charge is 0.276 e. The number of nitrogens with two attached hydrogens (primary N) is 3. The Morgan fingerprint density at radius 1 is 0.855 bits per heavy atom. The van der Waals surface area contributed by atoms with E-state index in [0.717, 1.165) is 32.5 Å². The van der Waals surface area contributed by atoms with Crippen LogP contribution in [0.1, 0.15) is 56.7 Å². The molecule has 2 aromatic carbocycles. The highest BCUT2D eigenvalue weighted by Gasteiger charge is 2.22. The Morgan fingerprint density at radius 3 is 2.04 bits per heavy atom. The highest BCUT2D eigenvalue weighted by atomic mass is 16.5. The number of anilines is 2. The van der Waals surface area contributed by atoms with Crippen LogP contribution in [0, 0.1) is 6.92 Å². The zero-order valence-corrected chi connectivity index (χ0v) is 31.5. The van der Waals surface area contributed by atoms with E-state index in [-0.39, 0.29) is 36.3 Å². The standard InChI is InChI=1S/C38H48N12O5/c1-5-50-29(18-23(2)46-50)36(53)45-38-44-27-19-24(34(40)51)21-30(54-4)32(27)49(38)14-7-6-13-48-33-28(43-37(48)42-3)20-25(35(41)52)22-31(33)55-17-9-8-12-47-15-10-26(39)11-16-47/h6-9,18-22,26H,5,10-17,39H2,1-4H3,(H2,40,51)(H2,41,52)(H,42,43)(H,44,45,53)/b7-6+,9-8-. The first-order chi connectivity index (χ1) is 26.5. The number of rotatable bonds is 16. The van der Waals surface area contributed by atoms with Crippen LogP contribution >= 0.6 is 0 Å². The summed E-state index contributed by atoms with van der Waals surface area (Å²) in [6.45, 7) is 7.86. The fraction of sp³-hybridized carbons (Fsp3) is 0.368. The summed E-state index contributed by atoms with van der Waals surface area (Å²) in [6, 6.07) is 8.37. The average molecular weight is 753 g/mol. The van der Waals surface area contributed by atoms with Crippen LogP contribution in [0.5, 0.6) is 11.5 Å². The molecule has 1 saturated heterocycles. The van der Waals surface area contributed by atoms with Crippen molar-refractivity contribution in [3.05, 3.63) is 77.2 Å². The molecule has 5 aromatic rings. The molecule has 0 bridgehead atoms. The SMILES string of the molecule is CCn1nc(C)cc1C(=O)Nc1nc2cc(C(N)=O)cc(OC)c2n1C/C=C/Cn1c(NC)nc2cc(C(N)=O)cc(OC/C=C\CN3CCC(N)CC3)c21. The molecule has 1 aliphatic heterocycles. The lowest BCUT2D eigenvalue weighted by atomic mass is 10.1. The van der Waals surface area contributed by atoms with Gasteiger partial charge in [0.15, 0.2) is 0 Å². The molecule has 55 heavy (non-hydrogen) atoms. The van der Waals surface area contributed by atoms with E-state index in [2.05, 4.69) is 31.7 Å². The van der Waals surface area contributed by atoms with Gasteiger partial charge < -0.3 is 41.1 Å². The maximum absolute atomic E-state index is 13.5. The number of imidazole rings is 2. The molecular weight excluding hydrogens is 704 g/mol. The summed E-state index contributed by atoms with van der Waals surface area (Å²) in [7, 11) is 3.25. The lowest BCUT2D eigenvalue weighted by molar-refractivity contribution is 0.0991. The van der Waals surface area contributed by atoms with Crippen molar-refractivity contribution in [2.45, 2.75) is 52.4 Å². The van der Waals surface area contributed by atoms with Crippen LogP contribution in [0.25, 0.3) is 22.1 Å². The number of fused-ring (bicyclic) bond motifs is 2. The first-order valence-corrected chi connectivity index (χ1v) is 18.2. The first-order valence-electron chi connectivity index (χ1n) is 18.2. The van der Waals surface area contributed by atoms with Gasteiger partial charge in [-0.3, -0.25) is 29.3 Å². The van der Waals surface area contributed by atoms with Gasteiger partial charge in [0.05, 0.1) is 23.8 Å². The number of hydrogen-bond acceptors (Lipinski definition) is 11. The summed E-state index contributed by atoms with van der Waals surface area (Å²) < 4.78 is 17.2. The van der Waals surface area contributed by atoms with Gasteiger partial charge in [-0.1, -0.05) is 24.3 Å². The van der Waals surface area contributed by atoms with Gasteiger partial charge in [0, 0.05) is 50.4 Å². The molecule has 0 unspecified atom stereocenters. The number of ether oxygens (including phenoxy) is 2. The molecule has 290 valence electrons. The second-order valence-corrected chi connectivity index (χ2v) is 13.3. The number of nitrogens with zero attached hydrogens (tertiary/aromatic N) is 7. The molecule has 17 nitrogen and oxygen atoms in total. The second kappa shape index (κ2) is 16.9. The molecule has 0 atom stereocenters. The number of methoxy groups -OCH3 is 1. The Labute approximate surface area is 318 Å². The zero-order chi connectivity index (χ0) is 39.2. The normalized spacial score (nSPS) is 14.1. The fourth-order valence-corrected chi connectivity index (χ4v) is 6.71. The Hall–Kier alpha value is -6.20. The number of hydrogen-bond donors (Lipinski definition) is 5. The third-order valence-electron chi connectivity index (χ3n) is 9.53. The van der Waals surface area contributed by atoms with Crippen molar-refractivity contribution in [2.75, 3.05) is 51.0 Å². The van der Waals surface area contributed by atoms with Gasteiger partial charge in [0.25, 0.3) is 5.91 Å². The maximum Gasteiger partial charge on any atom is 0.276 e. The molecule has 0 spiro atoms. The summed E-state index contributed by atoms with van der Waals surface area (Å²) in [5.74, 6) is -0.00780. The van der Waals surface area contributed by atoms with Crippen LogP contribution in [0.3, 0.4) is 0 Å². The molecule has 0 radical (unpaired) electrons. The van der Waals surface area contributed by atoms with Crippen molar-refractivity contribution in [2.24, 2.45) is 17.2 Å². The highest BCUT2D eigenvalue weighted by Crippen LogP contribution is 2.33. The summed E-state index contributed by atoms with van der Waals surface area (Å²) in [5.41, 5.74) is 21.1. The number of carbonyl (C=O) groups is 3. The van der Waals surface area contributed by atoms with Crippen molar-refractivity contribution in [3.8, 4) is 11.5 Å². The number of amides is 3. The highest BCUT2D eigenvalue weighted by molar-refractivity contribution is 6.04. The first kappa shape index (κ1) is 38.5. The molecule has 6 rings (SSSR count). The van der Waals surface area contributed by atoms with Gasteiger partial charge in [-0.15, -0.1) is 0 Å². The third-order valence-corrected chi connectivity index (χ3v) is 9.53. The van der Waals surface area contributed by atoms with Crippen molar-refractivity contribution in [1.29, 1.82) is 0 Å². The van der Waals surface area contributed by atoms with E-state index in [1.165, 1.54) is 7.11 Å². The number of aryl methyl sites for hydroxylation is 2. The van der Waals surface area contributed by atoms with Crippen molar-refractivity contribution in [1.82, 2.24) is 33.8 Å². The fourth-order valence-electron chi connectivity index (χ4n) is 6.71. The number of allylic oxidation sites excluding steroid dienone is 2. The zero-order valence-electron chi connectivity index (χ0n) is 31.5. The summed E-state index contributed by atoms with van der Waals surface area (Å²) >= 11 is 0. The van der Waals surface area contributed by atoms with Crippen molar-refractivity contribution >= 4 is 51.7 Å². The Bertz CT molecular complexity index is 2280.